The number of ether oxygens (including phenoxy) is 1. The molecule has 4 aromatic carbocycles. The van der Waals surface area contributed by atoms with Crippen LogP contribution in [0.4, 0.5) is 0 Å². The zero-order chi connectivity index (χ0) is 21.6. The van der Waals surface area contributed by atoms with E-state index in [2.05, 4.69) is 0 Å². The van der Waals surface area contributed by atoms with Crippen molar-refractivity contribution in [3.8, 4) is 5.75 Å². The first-order chi connectivity index (χ1) is 15.1. The molecule has 0 heterocycles. The maximum Gasteiger partial charge on any atom is 0.193 e. The summed E-state index contributed by atoms with van der Waals surface area (Å²) in [5.41, 5.74) is 3.56. The minimum Gasteiger partial charge on any atom is -0.486 e. The van der Waals surface area contributed by atoms with E-state index in [4.69, 9.17) is 4.74 Å². The lowest BCUT2D eigenvalue weighted by Crippen LogP contribution is -2.06. The monoisotopic (exact) mass is 406 g/mol. The van der Waals surface area contributed by atoms with Crippen LogP contribution in [0.3, 0.4) is 0 Å². The molecule has 1 atom stereocenters. The molecule has 0 spiro atoms. The standard InChI is InChI=1S/C28H22O3/c1-20(21-12-14-24(15-13-21)27(29)22-8-4-2-5-9-22)31-26-18-16-25(17-19-26)28(30)23-10-6-3-7-11-23/h2-20H,1H3. The Balaban J connectivity index is 1.42. The second kappa shape index (κ2) is 9.23. The third-order valence-electron chi connectivity index (χ3n) is 5.14. The van der Waals surface area contributed by atoms with Crippen LogP contribution in [-0.2, 0) is 0 Å². The van der Waals surface area contributed by atoms with Gasteiger partial charge in [-0.2, -0.15) is 0 Å². The SMILES string of the molecule is CC(Oc1ccc(C(=O)c2ccccc2)cc1)c1ccc(C(=O)c2ccccc2)cc1. The molecule has 0 bridgehead atoms. The molecule has 31 heavy (non-hydrogen) atoms. The van der Waals surface area contributed by atoms with E-state index in [9.17, 15) is 9.59 Å². The first-order valence-corrected chi connectivity index (χ1v) is 10.2. The Morgan fingerprint density at radius 2 is 0.935 bits per heavy atom. The fraction of sp³-hybridized carbons (Fsp3) is 0.0714. The van der Waals surface area contributed by atoms with Crippen molar-refractivity contribution >= 4 is 11.6 Å². The van der Waals surface area contributed by atoms with Crippen molar-refractivity contribution in [3.63, 3.8) is 0 Å². The van der Waals surface area contributed by atoms with Gasteiger partial charge in [0.15, 0.2) is 11.6 Å². The quantitative estimate of drug-likeness (QED) is 0.339. The zero-order valence-corrected chi connectivity index (χ0v) is 17.2. The van der Waals surface area contributed by atoms with Gasteiger partial charge in [0.05, 0.1) is 0 Å². The molecule has 0 aliphatic heterocycles. The molecule has 152 valence electrons. The zero-order valence-electron chi connectivity index (χ0n) is 17.2. The highest BCUT2D eigenvalue weighted by atomic mass is 16.5. The molecule has 0 saturated heterocycles. The number of benzene rings is 4. The van der Waals surface area contributed by atoms with Gasteiger partial charge in [-0.05, 0) is 36.8 Å². The maximum absolute atomic E-state index is 12.5. The van der Waals surface area contributed by atoms with Crippen molar-refractivity contribution in [1.29, 1.82) is 0 Å². The van der Waals surface area contributed by atoms with Gasteiger partial charge in [-0.3, -0.25) is 9.59 Å². The van der Waals surface area contributed by atoms with Crippen molar-refractivity contribution in [3.05, 3.63) is 137 Å². The molecule has 0 aliphatic carbocycles. The molecule has 0 fully saturated rings. The van der Waals surface area contributed by atoms with E-state index in [1.165, 1.54) is 0 Å². The van der Waals surface area contributed by atoms with Crippen molar-refractivity contribution in [2.24, 2.45) is 0 Å². The summed E-state index contributed by atoms with van der Waals surface area (Å²) in [4.78, 5) is 25.1. The smallest absolute Gasteiger partial charge is 0.193 e. The maximum atomic E-state index is 12.5. The van der Waals surface area contributed by atoms with E-state index in [-0.39, 0.29) is 17.7 Å². The predicted octanol–water partition coefficient (Wildman–Crippen LogP) is 6.29. The van der Waals surface area contributed by atoms with Crippen LogP contribution >= 0.6 is 0 Å². The van der Waals surface area contributed by atoms with Crippen molar-refractivity contribution < 1.29 is 14.3 Å². The predicted molar refractivity (Wildman–Crippen MR) is 122 cm³/mol. The van der Waals surface area contributed by atoms with E-state index < -0.39 is 0 Å². The van der Waals surface area contributed by atoms with E-state index in [1.54, 1.807) is 36.4 Å². The van der Waals surface area contributed by atoms with Crippen LogP contribution < -0.4 is 4.74 Å². The average Bonchev–Trinajstić information content (AvgIpc) is 2.85. The highest BCUT2D eigenvalue weighted by molar-refractivity contribution is 6.09. The highest BCUT2D eigenvalue weighted by Crippen LogP contribution is 2.23. The first kappa shape index (κ1) is 20.3. The minimum atomic E-state index is -0.198. The van der Waals surface area contributed by atoms with Crippen LogP contribution in [0.2, 0.25) is 0 Å². The largest absolute Gasteiger partial charge is 0.486 e. The molecule has 0 radical (unpaired) electrons. The molecule has 0 amide bonds. The Bertz CT molecular complexity index is 1160. The Kier molecular flexibility index (Phi) is 6.04. The highest BCUT2D eigenvalue weighted by Gasteiger charge is 2.13. The van der Waals surface area contributed by atoms with Gasteiger partial charge in [0.2, 0.25) is 0 Å². The van der Waals surface area contributed by atoms with Gasteiger partial charge in [0, 0.05) is 22.3 Å². The molecular formula is C28H22O3. The number of ketones is 2. The van der Waals surface area contributed by atoms with E-state index >= 15 is 0 Å². The lowest BCUT2D eigenvalue weighted by atomic mass is 10.0. The summed E-state index contributed by atoms with van der Waals surface area (Å²) < 4.78 is 6.03. The Morgan fingerprint density at radius 3 is 1.39 bits per heavy atom. The second-order valence-corrected chi connectivity index (χ2v) is 7.30. The fourth-order valence-corrected chi connectivity index (χ4v) is 3.37. The van der Waals surface area contributed by atoms with Gasteiger partial charge >= 0.3 is 0 Å². The summed E-state index contributed by atoms with van der Waals surface area (Å²) in [6, 6.07) is 33.1. The van der Waals surface area contributed by atoms with Crippen molar-refractivity contribution in [2.45, 2.75) is 13.0 Å². The third kappa shape index (κ3) is 4.78. The lowest BCUT2D eigenvalue weighted by molar-refractivity contribution is 0.103. The number of carbonyl (C=O) groups excluding carboxylic acids is 2. The van der Waals surface area contributed by atoms with E-state index in [0.29, 0.717) is 28.0 Å². The van der Waals surface area contributed by atoms with Gasteiger partial charge in [-0.15, -0.1) is 0 Å². The molecule has 3 heteroatoms. The minimum absolute atomic E-state index is 0.000562. The fourth-order valence-electron chi connectivity index (χ4n) is 3.37. The molecule has 4 rings (SSSR count). The van der Waals surface area contributed by atoms with Crippen molar-refractivity contribution in [1.82, 2.24) is 0 Å². The second-order valence-electron chi connectivity index (χ2n) is 7.30. The summed E-state index contributed by atoms with van der Waals surface area (Å²) in [6.07, 6.45) is -0.198. The number of hydrogen-bond acceptors (Lipinski definition) is 3. The lowest BCUT2D eigenvalue weighted by Gasteiger charge is -2.16. The number of carbonyl (C=O) groups is 2. The molecule has 1 unspecified atom stereocenters. The molecule has 0 saturated carbocycles. The van der Waals surface area contributed by atoms with Crippen LogP contribution in [0.15, 0.2) is 109 Å². The van der Waals surface area contributed by atoms with Gasteiger partial charge < -0.3 is 4.74 Å². The molecular weight excluding hydrogens is 384 g/mol. The molecule has 0 aliphatic rings. The van der Waals surface area contributed by atoms with E-state index in [1.807, 2.05) is 79.7 Å². The van der Waals surface area contributed by atoms with E-state index in [0.717, 1.165) is 5.56 Å². The first-order valence-electron chi connectivity index (χ1n) is 10.2. The summed E-state index contributed by atoms with van der Waals surface area (Å²) in [6.45, 7) is 1.96. The van der Waals surface area contributed by atoms with Crippen LogP contribution in [0, 0.1) is 0 Å². The topological polar surface area (TPSA) is 43.4 Å². The number of hydrogen-bond donors (Lipinski definition) is 0. The van der Waals surface area contributed by atoms with Crippen LogP contribution in [0.1, 0.15) is 50.4 Å². The average molecular weight is 406 g/mol. The van der Waals surface area contributed by atoms with Crippen LogP contribution in [0.25, 0.3) is 0 Å². The summed E-state index contributed by atoms with van der Waals surface area (Å²) in [5.74, 6) is 0.666. The van der Waals surface area contributed by atoms with Crippen LogP contribution in [0.5, 0.6) is 5.75 Å². The normalized spacial score (nSPS) is 11.5. The Labute approximate surface area is 181 Å². The van der Waals surface area contributed by atoms with Crippen molar-refractivity contribution in [2.75, 3.05) is 0 Å². The molecule has 0 N–H and O–H groups in total. The molecule has 4 aromatic rings. The molecule has 0 aromatic heterocycles. The Hall–Kier alpha value is -3.98. The third-order valence-corrected chi connectivity index (χ3v) is 5.14. The summed E-state index contributed by atoms with van der Waals surface area (Å²) in [7, 11) is 0. The van der Waals surface area contributed by atoms with Gasteiger partial charge in [0.25, 0.3) is 0 Å². The summed E-state index contributed by atoms with van der Waals surface area (Å²) >= 11 is 0. The van der Waals surface area contributed by atoms with Gasteiger partial charge in [0.1, 0.15) is 11.9 Å². The van der Waals surface area contributed by atoms with Gasteiger partial charge in [-0.25, -0.2) is 0 Å². The van der Waals surface area contributed by atoms with Gasteiger partial charge in [-0.1, -0.05) is 84.9 Å². The summed E-state index contributed by atoms with van der Waals surface area (Å²) in [5, 5.41) is 0. The number of rotatable bonds is 7. The Morgan fingerprint density at radius 1 is 0.548 bits per heavy atom. The molecule has 3 nitrogen and oxygen atoms in total. The van der Waals surface area contributed by atoms with Crippen LogP contribution in [-0.4, -0.2) is 11.6 Å².